The number of rotatable bonds is 2. The first-order valence-corrected chi connectivity index (χ1v) is 6.79. The number of nitrogens with one attached hydrogen (secondary N) is 1. The predicted molar refractivity (Wildman–Crippen MR) is 71.2 cm³/mol. The summed E-state index contributed by atoms with van der Waals surface area (Å²) >= 11 is 0. The van der Waals surface area contributed by atoms with Gasteiger partial charge in [0.05, 0.1) is 5.41 Å². The van der Waals surface area contributed by atoms with Crippen molar-refractivity contribution in [1.29, 1.82) is 0 Å². The fourth-order valence-corrected chi connectivity index (χ4v) is 3.22. The zero-order chi connectivity index (χ0) is 13.3. The lowest BCUT2D eigenvalue weighted by Gasteiger charge is -2.37. The van der Waals surface area contributed by atoms with Crippen LogP contribution in [0.25, 0.3) is 0 Å². The second-order valence-electron chi connectivity index (χ2n) is 5.63. The molecule has 0 aromatic heterocycles. The number of likely N-dealkylation sites (tertiary alicyclic amines) is 1. The fraction of sp³-hybridized carbons (Fsp3) is 0.467. The summed E-state index contributed by atoms with van der Waals surface area (Å²) in [4.78, 5) is 25.7. The number of carbonyl (C=O) groups is 2. The summed E-state index contributed by atoms with van der Waals surface area (Å²) < 4.78 is 0. The molecule has 0 bridgehead atoms. The van der Waals surface area contributed by atoms with E-state index in [1.54, 1.807) is 0 Å². The lowest BCUT2D eigenvalue weighted by molar-refractivity contribution is -0.131. The van der Waals surface area contributed by atoms with Crippen LogP contribution < -0.4 is 5.32 Å². The molecule has 1 spiro atoms. The molecule has 2 aliphatic heterocycles. The van der Waals surface area contributed by atoms with Gasteiger partial charge in [0.15, 0.2) is 0 Å². The smallest absolute Gasteiger partial charge is 0.234 e. The monoisotopic (exact) mass is 258 g/mol. The van der Waals surface area contributed by atoms with E-state index in [-0.39, 0.29) is 11.8 Å². The highest BCUT2D eigenvalue weighted by Gasteiger charge is 2.48. The van der Waals surface area contributed by atoms with Crippen LogP contribution in [-0.4, -0.2) is 29.8 Å². The summed E-state index contributed by atoms with van der Waals surface area (Å²) in [6.45, 7) is 2.54. The maximum Gasteiger partial charge on any atom is 0.234 e. The summed E-state index contributed by atoms with van der Waals surface area (Å²) in [6.07, 6.45) is 2.17. The van der Waals surface area contributed by atoms with Crippen molar-refractivity contribution >= 4 is 11.8 Å². The van der Waals surface area contributed by atoms with Crippen LogP contribution in [-0.2, 0) is 16.1 Å². The number of amides is 2. The SMILES string of the molecule is O=C1CC2(CCCN(Cc3ccccc3)C2)C(=O)N1. The molecule has 1 N–H and O–H groups in total. The first kappa shape index (κ1) is 12.4. The average molecular weight is 258 g/mol. The van der Waals surface area contributed by atoms with Crippen LogP contribution in [0, 0.1) is 5.41 Å². The molecule has 2 fully saturated rings. The van der Waals surface area contributed by atoms with E-state index in [4.69, 9.17) is 0 Å². The van der Waals surface area contributed by atoms with Crippen LogP contribution in [0.3, 0.4) is 0 Å². The molecular formula is C15H18N2O2. The zero-order valence-corrected chi connectivity index (χ0v) is 10.9. The molecule has 2 heterocycles. The highest BCUT2D eigenvalue weighted by molar-refractivity contribution is 6.06. The van der Waals surface area contributed by atoms with Gasteiger partial charge in [-0.2, -0.15) is 0 Å². The van der Waals surface area contributed by atoms with Crippen molar-refractivity contribution in [3.8, 4) is 0 Å². The standard InChI is InChI=1S/C15H18N2O2/c18-13-9-15(14(19)16-13)7-4-8-17(11-15)10-12-5-2-1-3-6-12/h1-3,5-6H,4,7-11H2,(H,16,18,19). The minimum Gasteiger partial charge on any atom is -0.298 e. The van der Waals surface area contributed by atoms with Crippen molar-refractivity contribution in [3.63, 3.8) is 0 Å². The van der Waals surface area contributed by atoms with Gasteiger partial charge in [-0.15, -0.1) is 0 Å². The van der Waals surface area contributed by atoms with Gasteiger partial charge < -0.3 is 0 Å². The van der Waals surface area contributed by atoms with Crippen molar-refractivity contribution in [1.82, 2.24) is 10.2 Å². The van der Waals surface area contributed by atoms with Crippen LogP contribution in [0.2, 0.25) is 0 Å². The number of carbonyl (C=O) groups excluding carboxylic acids is 2. The van der Waals surface area contributed by atoms with Gasteiger partial charge in [0.1, 0.15) is 0 Å². The third kappa shape index (κ3) is 2.40. The molecule has 2 amide bonds. The van der Waals surface area contributed by atoms with E-state index in [2.05, 4.69) is 22.3 Å². The van der Waals surface area contributed by atoms with E-state index < -0.39 is 5.41 Å². The molecule has 1 aromatic carbocycles. The third-order valence-corrected chi connectivity index (χ3v) is 4.14. The van der Waals surface area contributed by atoms with Gasteiger partial charge in [-0.05, 0) is 24.9 Å². The lowest BCUT2D eigenvalue weighted by Crippen LogP contribution is -2.46. The number of benzene rings is 1. The molecule has 4 heteroatoms. The van der Waals surface area contributed by atoms with Gasteiger partial charge >= 0.3 is 0 Å². The molecule has 0 radical (unpaired) electrons. The normalized spacial score (nSPS) is 27.8. The van der Waals surface area contributed by atoms with E-state index in [1.807, 2.05) is 18.2 Å². The highest BCUT2D eigenvalue weighted by Crippen LogP contribution is 2.37. The molecule has 0 saturated carbocycles. The molecule has 2 saturated heterocycles. The van der Waals surface area contributed by atoms with Gasteiger partial charge in [0, 0.05) is 19.5 Å². The molecule has 1 atom stereocenters. The Kier molecular flexibility index (Phi) is 3.11. The Labute approximate surface area is 112 Å². The minimum absolute atomic E-state index is 0.0738. The van der Waals surface area contributed by atoms with Gasteiger partial charge in [0.25, 0.3) is 0 Å². The Morgan fingerprint density at radius 2 is 2.00 bits per heavy atom. The quantitative estimate of drug-likeness (QED) is 0.814. The number of hydrogen-bond donors (Lipinski definition) is 1. The number of nitrogens with zero attached hydrogens (tertiary/aromatic N) is 1. The Bertz CT molecular complexity index is 500. The average Bonchev–Trinajstić information content (AvgIpc) is 2.65. The highest BCUT2D eigenvalue weighted by atomic mass is 16.2. The Balaban J connectivity index is 1.72. The second kappa shape index (κ2) is 4.78. The maximum absolute atomic E-state index is 12.0. The van der Waals surface area contributed by atoms with Crippen LogP contribution in [0.5, 0.6) is 0 Å². The summed E-state index contributed by atoms with van der Waals surface area (Å²) in [7, 11) is 0. The topological polar surface area (TPSA) is 49.4 Å². The molecule has 19 heavy (non-hydrogen) atoms. The molecular weight excluding hydrogens is 240 g/mol. The van der Waals surface area contributed by atoms with Gasteiger partial charge in [-0.1, -0.05) is 30.3 Å². The third-order valence-electron chi connectivity index (χ3n) is 4.14. The van der Waals surface area contributed by atoms with E-state index in [1.165, 1.54) is 5.56 Å². The molecule has 4 nitrogen and oxygen atoms in total. The van der Waals surface area contributed by atoms with Crippen LogP contribution in [0.15, 0.2) is 30.3 Å². The van der Waals surface area contributed by atoms with E-state index in [0.29, 0.717) is 13.0 Å². The van der Waals surface area contributed by atoms with Gasteiger partial charge in [0.2, 0.25) is 11.8 Å². The maximum atomic E-state index is 12.0. The van der Waals surface area contributed by atoms with Crippen LogP contribution in [0.4, 0.5) is 0 Å². The molecule has 1 aromatic rings. The number of piperidine rings is 1. The van der Waals surface area contributed by atoms with Crippen molar-refractivity contribution in [2.75, 3.05) is 13.1 Å². The van der Waals surface area contributed by atoms with E-state index in [9.17, 15) is 9.59 Å². The van der Waals surface area contributed by atoms with Crippen molar-refractivity contribution < 1.29 is 9.59 Å². The number of imide groups is 1. The van der Waals surface area contributed by atoms with Crippen LogP contribution in [0.1, 0.15) is 24.8 Å². The van der Waals surface area contributed by atoms with E-state index in [0.717, 1.165) is 25.9 Å². The first-order chi connectivity index (χ1) is 9.18. The summed E-state index contributed by atoms with van der Waals surface area (Å²) in [6, 6.07) is 10.3. The molecule has 0 aliphatic carbocycles. The lowest BCUT2D eigenvalue weighted by atomic mass is 9.78. The summed E-state index contributed by atoms with van der Waals surface area (Å²) in [5, 5.41) is 2.46. The molecule has 3 rings (SSSR count). The van der Waals surface area contributed by atoms with Crippen molar-refractivity contribution in [2.24, 2.45) is 5.41 Å². The molecule has 1 unspecified atom stereocenters. The largest absolute Gasteiger partial charge is 0.298 e. The first-order valence-electron chi connectivity index (χ1n) is 6.79. The Hall–Kier alpha value is -1.68. The minimum atomic E-state index is -0.468. The van der Waals surface area contributed by atoms with Gasteiger partial charge in [-0.25, -0.2) is 0 Å². The van der Waals surface area contributed by atoms with Gasteiger partial charge in [-0.3, -0.25) is 19.8 Å². The Morgan fingerprint density at radius 3 is 2.68 bits per heavy atom. The van der Waals surface area contributed by atoms with Crippen LogP contribution >= 0.6 is 0 Å². The summed E-state index contributed by atoms with van der Waals surface area (Å²) in [5.74, 6) is -0.193. The fourth-order valence-electron chi connectivity index (χ4n) is 3.22. The predicted octanol–water partition coefficient (Wildman–Crippen LogP) is 1.32. The molecule has 2 aliphatic rings. The van der Waals surface area contributed by atoms with Crippen molar-refractivity contribution in [3.05, 3.63) is 35.9 Å². The second-order valence-corrected chi connectivity index (χ2v) is 5.63. The Morgan fingerprint density at radius 1 is 1.21 bits per heavy atom. The molecule has 100 valence electrons. The van der Waals surface area contributed by atoms with E-state index >= 15 is 0 Å². The van der Waals surface area contributed by atoms with Crippen molar-refractivity contribution in [2.45, 2.75) is 25.8 Å². The number of hydrogen-bond acceptors (Lipinski definition) is 3. The zero-order valence-electron chi connectivity index (χ0n) is 10.9. The summed E-state index contributed by atoms with van der Waals surface area (Å²) in [5.41, 5.74) is 0.786.